The van der Waals surface area contributed by atoms with E-state index in [1.807, 2.05) is 6.07 Å². The minimum atomic E-state index is -0.249. The first-order valence-electron chi connectivity index (χ1n) is 7.55. The van der Waals surface area contributed by atoms with Crippen LogP contribution in [0.15, 0.2) is 18.2 Å². The highest BCUT2D eigenvalue weighted by Crippen LogP contribution is 2.23. The highest BCUT2D eigenvalue weighted by atomic mass is 35.5. The predicted molar refractivity (Wildman–Crippen MR) is 86.6 cm³/mol. The summed E-state index contributed by atoms with van der Waals surface area (Å²) in [6.07, 6.45) is 0.695. The number of aryl methyl sites for hydroxylation is 1. The zero-order chi connectivity index (χ0) is 15.4. The molecule has 0 spiro atoms. The number of alkyl halides is 1. The molecular weight excluding hydrogens is 289 g/mol. The summed E-state index contributed by atoms with van der Waals surface area (Å²) in [6.45, 7) is 9.50. The maximum atomic E-state index is 13.4. The van der Waals surface area contributed by atoms with Gasteiger partial charge in [0.25, 0.3) is 0 Å². The lowest BCUT2D eigenvalue weighted by Gasteiger charge is -2.25. The minimum absolute atomic E-state index is 0.249. The monoisotopic (exact) mass is 311 g/mol. The van der Waals surface area contributed by atoms with Crippen LogP contribution in [0.1, 0.15) is 32.6 Å². The Morgan fingerprint density at radius 2 is 2.05 bits per heavy atom. The van der Waals surface area contributed by atoms with E-state index in [0.717, 1.165) is 31.0 Å². The summed E-state index contributed by atoms with van der Waals surface area (Å²) >= 11 is 5.89. The third-order valence-corrected chi connectivity index (χ3v) is 4.09. The zero-order valence-corrected chi connectivity index (χ0v) is 13.7. The molecule has 0 aliphatic carbocycles. The fraction of sp³-hybridized carbons (Fsp3) is 0.562. The number of fused-ring (bicyclic) bond motifs is 1. The maximum Gasteiger partial charge on any atom is 0.125 e. The van der Waals surface area contributed by atoms with Crippen molar-refractivity contribution in [3.8, 4) is 0 Å². The highest BCUT2D eigenvalue weighted by Gasteiger charge is 2.17. The summed E-state index contributed by atoms with van der Waals surface area (Å²) in [5.41, 5.74) is 1.69. The van der Waals surface area contributed by atoms with Crippen molar-refractivity contribution in [2.45, 2.75) is 33.2 Å². The first-order chi connectivity index (χ1) is 10.1. The zero-order valence-electron chi connectivity index (χ0n) is 12.9. The van der Waals surface area contributed by atoms with Crippen LogP contribution in [0, 0.1) is 5.82 Å². The molecule has 0 saturated carbocycles. The molecule has 0 amide bonds. The van der Waals surface area contributed by atoms with Crippen molar-refractivity contribution in [3.63, 3.8) is 0 Å². The first kappa shape index (κ1) is 16.2. The third kappa shape index (κ3) is 3.55. The molecule has 1 atom stereocenters. The number of aromatic nitrogens is 2. The molecule has 1 heterocycles. The SMILES string of the molecule is CCN(CC)CC(C)n1c(CCCl)nc2cc(F)ccc21. The average Bonchev–Trinajstić information content (AvgIpc) is 2.82. The Morgan fingerprint density at radius 1 is 1.33 bits per heavy atom. The number of rotatable bonds is 7. The summed E-state index contributed by atoms with van der Waals surface area (Å²) in [5, 5.41) is 0. The molecule has 3 nitrogen and oxygen atoms in total. The first-order valence-corrected chi connectivity index (χ1v) is 8.08. The van der Waals surface area contributed by atoms with Gasteiger partial charge in [-0.1, -0.05) is 13.8 Å². The molecule has 2 rings (SSSR count). The number of halogens is 2. The molecule has 1 unspecified atom stereocenters. The summed E-state index contributed by atoms with van der Waals surface area (Å²) < 4.78 is 15.6. The molecule has 0 fully saturated rings. The quantitative estimate of drug-likeness (QED) is 0.724. The molecular formula is C16H23ClFN3. The van der Waals surface area contributed by atoms with Gasteiger partial charge in [-0.3, -0.25) is 0 Å². The second-order valence-electron chi connectivity index (χ2n) is 5.30. The van der Waals surface area contributed by atoms with Crippen LogP contribution < -0.4 is 0 Å². The van der Waals surface area contributed by atoms with Crippen molar-refractivity contribution >= 4 is 22.6 Å². The second-order valence-corrected chi connectivity index (χ2v) is 5.68. The van der Waals surface area contributed by atoms with Gasteiger partial charge in [-0.2, -0.15) is 0 Å². The van der Waals surface area contributed by atoms with E-state index in [0.29, 0.717) is 17.8 Å². The van der Waals surface area contributed by atoms with Crippen LogP contribution >= 0.6 is 11.6 Å². The van der Waals surface area contributed by atoms with E-state index in [9.17, 15) is 4.39 Å². The molecule has 0 aliphatic heterocycles. The van der Waals surface area contributed by atoms with Gasteiger partial charge >= 0.3 is 0 Å². The summed E-state index contributed by atoms with van der Waals surface area (Å²) in [6, 6.07) is 5.08. The number of hydrogen-bond acceptors (Lipinski definition) is 2. The van der Waals surface area contributed by atoms with Crippen LogP contribution in [0.25, 0.3) is 11.0 Å². The lowest BCUT2D eigenvalue weighted by molar-refractivity contribution is 0.261. The van der Waals surface area contributed by atoms with Crippen LogP contribution in [-0.2, 0) is 6.42 Å². The molecule has 2 aromatic rings. The van der Waals surface area contributed by atoms with Crippen LogP contribution in [0.5, 0.6) is 0 Å². The molecule has 0 radical (unpaired) electrons. The Labute approximate surface area is 130 Å². The van der Waals surface area contributed by atoms with Crippen molar-refractivity contribution in [2.24, 2.45) is 0 Å². The molecule has 0 N–H and O–H groups in total. The summed E-state index contributed by atoms with van der Waals surface area (Å²) in [5.74, 6) is 1.20. The van der Waals surface area contributed by atoms with E-state index in [2.05, 4.69) is 35.2 Å². The second kappa shape index (κ2) is 7.23. The molecule has 5 heteroatoms. The van der Waals surface area contributed by atoms with E-state index >= 15 is 0 Å². The predicted octanol–water partition coefficient (Wildman–Crippen LogP) is 3.86. The van der Waals surface area contributed by atoms with E-state index in [4.69, 9.17) is 11.6 Å². The van der Waals surface area contributed by atoms with Gasteiger partial charge in [0, 0.05) is 31.0 Å². The van der Waals surface area contributed by atoms with E-state index in [-0.39, 0.29) is 11.9 Å². The largest absolute Gasteiger partial charge is 0.324 e. The van der Waals surface area contributed by atoms with Gasteiger partial charge in [0.1, 0.15) is 11.6 Å². The molecule has 116 valence electrons. The van der Waals surface area contributed by atoms with Gasteiger partial charge in [-0.15, -0.1) is 11.6 Å². The number of likely N-dealkylation sites (N-methyl/N-ethyl adjacent to an activating group) is 1. The minimum Gasteiger partial charge on any atom is -0.324 e. The number of imidazole rings is 1. The Hall–Kier alpha value is -1.13. The van der Waals surface area contributed by atoms with Gasteiger partial charge in [-0.05, 0) is 32.1 Å². The Balaban J connectivity index is 2.41. The number of nitrogens with zero attached hydrogens (tertiary/aromatic N) is 3. The average molecular weight is 312 g/mol. The van der Waals surface area contributed by atoms with Gasteiger partial charge in [0.2, 0.25) is 0 Å². The lowest BCUT2D eigenvalue weighted by atomic mass is 10.2. The fourth-order valence-electron chi connectivity index (χ4n) is 2.81. The van der Waals surface area contributed by atoms with Crippen molar-refractivity contribution in [3.05, 3.63) is 29.8 Å². The molecule has 1 aromatic heterocycles. The number of benzene rings is 1. The van der Waals surface area contributed by atoms with Crippen LogP contribution in [0.3, 0.4) is 0 Å². The molecule has 1 aromatic carbocycles. The van der Waals surface area contributed by atoms with Crippen LogP contribution in [0.2, 0.25) is 0 Å². The van der Waals surface area contributed by atoms with Crippen molar-refractivity contribution in [1.29, 1.82) is 0 Å². The maximum absolute atomic E-state index is 13.4. The smallest absolute Gasteiger partial charge is 0.125 e. The van der Waals surface area contributed by atoms with E-state index in [1.165, 1.54) is 12.1 Å². The summed E-state index contributed by atoms with van der Waals surface area (Å²) in [7, 11) is 0. The highest BCUT2D eigenvalue weighted by molar-refractivity contribution is 6.17. The van der Waals surface area contributed by atoms with E-state index < -0.39 is 0 Å². The van der Waals surface area contributed by atoms with E-state index in [1.54, 1.807) is 0 Å². The standard InChI is InChI=1S/C16H23ClFN3/c1-4-20(5-2)11-12(3)21-15-7-6-13(18)10-14(15)19-16(21)8-9-17/h6-7,10,12H,4-5,8-9,11H2,1-3H3. The van der Waals surface area contributed by atoms with Gasteiger partial charge in [0.05, 0.1) is 11.0 Å². The van der Waals surface area contributed by atoms with Crippen molar-refractivity contribution in [2.75, 3.05) is 25.5 Å². The lowest BCUT2D eigenvalue weighted by Crippen LogP contribution is -2.30. The van der Waals surface area contributed by atoms with Gasteiger partial charge in [0.15, 0.2) is 0 Å². The topological polar surface area (TPSA) is 21.1 Å². The molecule has 21 heavy (non-hydrogen) atoms. The van der Waals surface area contributed by atoms with Crippen molar-refractivity contribution < 1.29 is 4.39 Å². The Morgan fingerprint density at radius 3 is 2.67 bits per heavy atom. The van der Waals surface area contributed by atoms with Crippen LogP contribution in [0.4, 0.5) is 4.39 Å². The van der Waals surface area contributed by atoms with Crippen LogP contribution in [-0.4, -0.2) is 40.0 Å². The third-order valence-electron chi connectivity index (χ3n) is 3.90. The van der Waals surface area contributed by atoms with Gasteiger partial charge in [-0.25, -0.2) is 9.37 Å². The molecule has 0 saturated heterocycles. The fourth-order valence-corrected chi connectivity index (χ4v) is 2.98. The molecule has 0 bridgehead atoms. The van der Waals surface area contributed by atoms with Gasteiger partial charge < -0.3 is 9.47 Å². The number of hydrogen-bond donors (Lipinski definition) is 0. The normalized spacial score (nSPS) is 13.2. The van der Waals surface area contributed by atoms with Crippen molar-refractivity contribution in [1.82, 2.24) is 14.5 Å². The molecule has 0 aliphatic rings. The summed E-state index contributed by atoms with van der Waals surface area (Å²) in [4.78, 5) is 6.94. The Kier molecular flexibility index (Phi) is 5.59. The Bertz CT molecular complexity index is 592.